The molecule has 1 fully saturated rings. The summed E-state index contributed by atoms with van der Waals surface area (Å²) in [4.78, 5) is 40.1. The highest BCUT2D eigenvalue weighted by Gasteiger charge is 2.25. The van der Waals surface area contributed by atoms with Crippen molar-refractivity contribution in [1.82, 2.24) is 24.8 Å². The molecule has 0 saturated carbocycles. The number of fused-ring (bicyclic) bond motifs is 1. The summed E-state index contributed by atoms with van der Waals surface area (Å²) in [6, 6.07) is 9.12. The van der Waals surface area contributed by atoms with Gasteiger partial charge in [0, 0.05) is 38.9 Å². The van der Waals surface area contributed by atoms with E-state index < -0.39 is 11.6 Å². The maximum atomic E-state index is 12.3. The van der Waals surface area contributed by atoms with Gasteiger partial charge in [0.2, 0.25) is 5.95 Å². The normalized spacial score (nSPS) is 14.8. The van der Waals surface area contributed by atoms with Gasteiger partial charge in [0.1, 0.15) is 11.4 Å². The molecule has 10 heteroatoms. The summed E-state index contributed by atoms with van der Waals surface area (Å²) < 4.78 is 10.2. The Morgan fingerprint density at radius 3 is 2.59 bits per heavy atom. The van der Waals surface area contributed by atoms with E-state index in [-0.39, 0.29) is 6.09 Å². The number of aromatic nitrogens is 3. The van der Waals surface area contributed by atoms with Crippen LogP contribution in [0.1, 0.15) is 36.7 Å². The van der Waals surface area contributed by atoms with E-state index in [2.05, 4.69) is 25.2 Å². The highest BCUT2D eigenvalue weighted by atomic mass is 16.6. The van der Waals surface area contributed by atoms with Crippen molar-refractivity contribution in [3.8, 4) is 0 Å². The lowest BCUT2D eigenvalue weighted by Crippen LogP contribution is -2.49. The summed E-state index contributed by atoms with van der Waals surface area (Å²) >= 11 is 0. The van der Waals surface area contributed by atoms with Crippen molar-refractivity contribution in [2.24, 2.45) is 0 Å². The van der Waals surface area contributed by atoms with Crippen LogP contribution in [0.5, 0.6) is 0 Å². The smallest absolute Gasteiger partial charge is 0.410 e. The molecule has 34 heavy (non-hydrogen) atoms. The first kappa shape index (κ1) is 23.5. The van der Waals surface area contributed by atoms with E-state index in [0.717, 1.165) is 36.2 Å². The topological polar surface area (TPSA) is 113 Å². The zero-order valence-corrected chi connectivity index (χ0v) is 19.9. The van der Waals surface area contributed by atoms with E-state index in [1.165, 1.54) is 7.11 Å². The number of amides is 1. The number of methoxy groups -OCH3 is 1. The monoisotopic (exact) mass is 466 g/mol. The number of hydrogen-bond donors (Lipinski definition) is 2. The minimum Gasteiger partial charge on any atom is -0.465 e. The van der Waals surface area contributed by atoms with E-state index >= 15 is 0 Å². The second-order valence-electron chi connectivity index (χ2n) is 9.23. The molecule has 180 valence electrons. The first-order valence-electron chi connectivity index (χ1n) is 11.2. The number of benzene rings is 1. The Balaban J connectivity index is 1.36. The Bertz CT molecular complexity index is 1180. The van der Waals surface area contributed by atoms with E-state index in [0.29, 0.717) is 30.4 Å². The summed E-state index contributed by atoms with van der Waals surface area (Å²) in [7, 11) is 1.35. The molecule has 1 aliphatic rings. The van der Waals surface area contributed by atoms with Gasteiger partial charge in [-0.05, 0) is 56.7 Å². The summed E-state index contributed by atoms with van der Waals surface area (Å²) in [5.41, 5.74) is 2.53. The number of aromatic amines is 1. The lowest BCUT2D eigenvalue weighted by atomic mass is 10.2. The van der Waals surface area contributed by atoms with Gasteiger partial charge in [-0.2, -0.15) is 0 Å². The van der Waals surface area contributed by atoms with Gasteiger partial charge in [0.15, 0.2) is 0 Å². The minimum absolute atomic E-state index is 0.257. The Morgan fingerprint density at radius 2 is 1.88 bits per heavy atom. The lowest BCUT2D eigenvalue weighted by Gasteiger charge is -2.35. The maximum absolute atomic E-state index is 12.3. The van der Waals surface area contributed by atoms with E-state index in [9.17, 15) is 9.59 Å². The van der Waals surface area contributed by atoms with Gasteiger partial charge in [-0.25, -0.2) is 19.6 Å². The average molecular weight is 467 g/mol. The molecule has 2 aromatic heterocycles. The molecule has 0 aliphatic carbocycles. The quantitative estimate of drug-likeness (QED) is 0.549. The third kappa shape index (κ3) is 5.82. The summed E-state index contributed by atoms with van der Waals surface area (Å²) in [6.07, 6.45) is 1.50. The van der Waals surface area contributed by atoms with Gasteiger partial charge < -0.3 is 24.7 Å². The van der Waals surface area contributed by atoms with Crippen molar-refractivity contribution >= 4 is 34.9 Å². The molecular weight excluding hydrogens is 436 g/mol. The van der Waals surface area contributed by atoms with Crippen molar-refractivity contribution in [3.63, 3.8) is 0 Å². The van der Waals surface area contributed by atoms with Crippen LogP contribution < -0.4 is 5.32 Å². The first-order chi connectivity index (χ1) is 16.2. The number of H-pyrrole nitrogens is 1. The lowest BCUT2D eigenvalue weighted by molar-refractivity contribution is 0.0139. The number of nitrogens with one attached hydrogen (secondary N) is 2. The van der Waals surface area contributed by atoms with Crippen LogP contribution >= 0.6 is 0 Å². The molecule has 10 nitrogen and oxygen atoms in total. The number of rotatable bonds is 5. The molecule has 0 spiro atoms. The SMILES string of the molecule is COC(=O)c1ccc2nc(Nc3cc(CN4CCN(C(=O)OC(C)(C)C)CC4)ccn3)[nH]c2c1. The molecule has 0 atom stereocenters. The van der Waals surface area contributed by atoms with Crippen LogP contribution in [0.2, 0.25) is 0 Å². The highest BCUT2D eigenvalue weighted by molar-refractivity contribution is 5.94. The third-order valence-electron chi connectivity index (χ3n) is 5.40. The van der Waals surface area contributed by atoms with E-state index in [1.54, 1.807) is 29.3 Å². The molecular formula is C24H30N6O4. The van der Waals surface area contributed by atoms with E-state index in [4.69, 9.17) is 9.47 Å². The molecule has 1 aromatic carbocycles. The Hall–Kier alpha value is -3.66. The molecule has 0 radical (unpaired) electrons. The highest BCUT2D eigenvalue weighted by Crippen LogP contribution is 2.20. The van der Waals surface area contributed by atoms with Gasteiger partial charge in [-0.15, -0.1) is 0 Å². The van der Waals surface area contributed by atoms with Crippen LogP contribution in [-0.4, -0.2) is 75.7 Å². The number of imidazole rings is 1. The molecule has 2 N–H and O–H groups in total. The Labute approximate surface area is 198 Å². The minimum atomic E-state index is -0.488. The number of carbonyl (C=O) groups excluding carboxylic acids is 2. The van der Waals surface area contributed by atoms with Crippen LogP contribution in [0.3, 0.4) is 0 Å². The van der Waals surface area contributed by atoms with E-state index in [1.807, 2.05) is 32.9 Å². The molecule has 0 unspecified atom stereocenters. The fraction of sp³-hybridized carbons (Fsp3) is 0.417. The number of piperazine rings is 1. The number of esters is 1. The van der Waals surface area contributed by atoms with Crippen molar-refractivity contribution in [2.45, 2.75) is 32.9 Å². The van der Waals surface area contributed by atoms with Crippen LogP contribution in [0.25, 0.3) is 11.0 Å². The summed E-state index contributed by atoms with van der Waals surface area (Å²) in [6.45, 7) is 9.20. The molecule has 4 rings (SSSR count). The number of ether oxygens (including phenoxy) is 2. The van der Waals surface area contributed by atoms with Gasteiger partial charge in [-0.3, -0.25) is 4.90 Å². The van der Waals surface area contributed by atoms with Gasteiger partial charge in [-0.1, -0.05) is 0 Å². The van der Waals surface area contributed by atoms with Gasteiger partial charge >= 0.3 is 12.1 Å². The molecule has 0 bridgehead atoms. The van der Waals surface area contributed by atoms with Gasteiger partial charge in [0.25, 0.3) is 0 Å². The fourth-order valence-electron chi connectivity index (χ4n) is 3.75. The third-order valence-corrected chi connectivity index (χ3v) is 5.40. The number of hydrogen-bond acceptors (Lipinski definition) is 8. The molecule has 1 saturated heterocycles. The van der Waals surface area contributed by atoms with Crippen LogP contribution in [0.15, 0.2) is 36.5 Å². The van der Waals surface area contributed by atoms with Gasteiger partial charge in [0.05, 0.1) is 23.7 Å². The number of carbonyl (C=O) groups is 2. The first-order valence-corrected chi connectivity index (χ1v) is 11.2. The van der Waals surface area contributed by atoms with Crippen molar-refractivity contribution in [1.29, 1.82) is 0 Å². The molecule has 3 aromatic rings. The maximum Gasteiger partial charge on any atom is 0.410 e. The second-order valence-corrected chi connectivity index (χ2v) is 9.23. The zero-order valence-electron chi connectivity index (χ0n) is 19.9. The zero-order chi connectivity index (χ0) is 24.3. The predicted octanol–water partition coefficient (Wildman–Crippen LogP) is 3.54. The molecule has 3 heterocycles. The predicted molar refractivity (Wildman–Crippen MR) is 128 cm³/mol. The second kappa shape index (κ2) is 9.68. The Kier molecular flexibility index (Phi) is 6.69. The van der Waals surface area contributed by atoms with Crippen LogP contribution in [0, 0.1) is 0 Å². The van der Waals surface area contributed by atoms with Crippen molar-refractivity contribution in [3.05, 3.63) is 47.7 Å². The number of anilines is 2. The fourth-order valence-corrected chi connectivity index (χ4v) is 3.75. The van der Waals surface area contributed by atoms with Crippen LogP contribution in [-0.2, 0) is 16.0 Å². The summed E-state index contributed by atoms with van der Waals surface area (Å²) in [5.74, 6) is 0.803. The number of nitrogens with zero attached hydrogens (tertiary/aromatic N) is 4. The van der Waals surface area contributed by atoms with Crippen molar-refractivity contribution in [2.75, 3.05) is 38.6 Å². The molecule has 1 amide bonds. The molecule has 1 aliphatic heterocycles. The standard InChI is InChI=1S/C24H30N6O4/c1-24(2,3)34-23(32)30-11-9-29(10-12-30)15-16-7-8-25-20(13-16)28-22-26-18-6-5-17(21(31)33-4)14-19(18)27-22/h5-8,13-14H,9-12,15H2,1-4H3,(H2,25,26,27,28). The van der Waals surface area contributed by atoms with Crippen molar-refractivity contribution < 1.29 is 19.1 Å². The average Bonchev–Trinajstić information content (AvgIpc) is 3.19. The number of pyridine rings is 1. The largest absolute Gasteiger partial charge is 0.465 e. The summed E-state index contributed by atoms with van der Waals surface area (Å²) in [5, 5.41) is 3.20. The van der Waals surface area contributed by atoms with Crippen LogP contribution in [0.4, 0.5) is 16.6 Å². The Morgan fingerprint density at radius 1 is 1.12 bits per heavy atom.